The van der Waals surface area contributed by atoms with Gasteiger partial charge < -0.3 is 19.5 Å². The standard InChI is InChI=1S/C35H28FN5O2/c36-29-9-3-1-7-27(29)34-38-30-10-4-2-8-28(30)35(42)40(34)21-22-43-26-15-13-25(14-16-26)33-39-31-11-5-6-12-32(31)41(33)23-24-17-19-37-20-18-24/h1-20,34,38H,21-23H2. The molecule has 1 atom stereocenters. The molecule has 1 aliphatic rings. The van der Waals surface area contributed by atoms with Gasteiger partial charge in [0.15, 0.2) is 0 Å². The maximum atomic E-state index is 14.8. The second kappa shape index (κ2) is 11.4. The Kier molecular flexibility index (Phi) is 7.00. The molecule has 43 heavy (non-hydrogen) atoms. The molecule has 1 N–H and O–H groups in total. The molecule has 0 saturated heterocycles. The quantitative estimate of drug-likeness (QED) is 0.215. The molecule has 0 fully saturated rings. The summed E-state index contributed by atoms with van der Waals surface area (Å²) in [5.74, 6) is 0.986. The number of rotatable bonds is 8. The molecular weight excluding hydrogens is 541 g/mol. The number of fused-ring (bicyclic) bond motifs is 2. The van der Waals surface area contributed by atoms with E-state index in [0.29, 0.717) is 29.1 Å². The number of nitrogens with zero attached hydrogens (tertiary/aromatic N) is 4. The number of pyridine rings is 1. The number of carbonyl (C=O) groups is 1. The van der Waals surface area contributed by atoms with E-state index in [2.05, 4.69) is 20.9 Å². The van der Waals surface area contributed by atoms with Gasteiger partial charge in [-0.25, -0.2) is 9.37 Å². The summed E-state index contributed by atoms with van der Waals surface area (Å²) in [6.07, 6.45) is 2.94. The second-order valence-corrected chi connectivity index (χ2v) is 10.4. The van der Waals surface area contributed by atoms with Gasteiger partial charge in [0.2, 0.25) is 0 Å². The highest BCUT2D eigenvalue weighted by molar-refractivity contribution is 6.01. The largest absolute Gasteiger partial charge is 0.492 e. The molecule has 8 heteroatoms. The summed E-state index contributed by atoms with van der Waals surface area (Å²) in [6, 6.07) is 33.7. The lowest BCUT2D eigenvalue weighted by Gasteiger charge is -2.38. The van der Waals surface area contributed by atoms with E-state index in [4.69, 9.17) is 9.72 Å². The second-order valence-electron chi connectivity index (χ2n) is 10.4. The molecule has 1 aliphatic heterocycles. The predicted molar refractivity (Wildman–Crippen MR) is 164 cm³/mol. The van der Waals surface area contributed by atoms with Crippen LogP contribution in [0.4, 0.5) is 10.1 Å². The van der Waals surface area contributed by atoms with Crippen LogP contribution in [0.2, 0.25) is 0 Å². The summed E-state index contributed by atoms with van der Waals surface area (Å²) in [5.41, 5.74) is 5.72. The van der Waals surface area contributed by atoms with Gasteiger partial charge in [0.1, 0.15) is 30.2 Å². The smallest absolute Gasteiger partial charge is 0.257 e. The molecule has 2 aromatic heterocycles. The van der Waals surface area contributed by atoms with E-state index in [1.807, 2.05) is 72.8 Å². The van der Waals surface area contributed by atoms with Crippen molar-refractivity contribution in [3.63, 3.8) is 0 Å². The highest BCUT2D eigenvalue weighted by atomic mass is 19.1. The number of aromatic nitrogens is 3. The van der Waals surface area contributed by atoms with E-state index in [0.717, 1.165) is 28.0 Å². The number of hydrogen-bond acceptors (Lipinski definition) is 5. The van der Waals surface area contributed by atoms with Crippen molar-refractivity contribution in [1.82, 2.24) is 19.4 Å². The molecule has 1 amide bonds. The number of benzene rings is 4. The Morgan fingerprint density at radius 2 is 1.58 bits per heavy atom. The third-order valence-corrected chi connectivity index (χ3v) is 7.68. The summed E-state index contributed by atoms with van der Waals surface area (Å²) in [7, 11) is 0. The number of imidazole rings is 1. The predicted octanol–water partition coefficient (Wildman–Crippen LogP) is 6.93. The average molecular weight is 570 g/mol. The Bertz CT molecular complexity index is 1910. The highest BCUT2D eigenvalue weighted by Gasteiger charge is 2.34. The zero-order valence-electron chi connectivity index (χ0n) is 23.2. The van der Waals surface area contributed by atoms with Crippen molar-refractivity contribution in [1.29, 1.82) is 0 Å². The van der Waals surface area contributed by atoms with Gasteiger partial charge in [-0.1, -0.05) is 42.5 Å². The molecule has 6 aromatic rings. The van der Waals surface area contributed by atoms with Crippen LogP contribution in [0.15, 0.2) is 122 Å². The van der Waals surface area contributed by atoms with Crippen LogP contribution >= 0.6 is 0 Å². The summed E-state index contributed by atoms with van der Waals surface area (Å²) in [6.45, 7) is 1.17. The van der Waals surface area contributed by atoms with Crippen LogP contribution in [0.25, 0.3) is 22.4 Å². The van der Waals surface area contributed by atoms with Crippen molar-refractivity contribution < 1.29 is 13.9 Å². The van der Waals surface area contributed by atoms with Crippen LogP contribution in [0.3, 0.4) is 0 Å². The van der Waals surface area contributed by atoms with E-state index in [-0.39, 0.29) is 24.9 Å². The minimum atomic E-state index is -0.650. The van der Waals surface area contributed by atoms with E-state index < -0.39 is 6.17 Å². The number of para-hydroxylation sites is 3. The van der Waals surface area contributed by atoms with Crippen molar-refractivity contribution in [3.8, 4) is 17.1 Å². The molecular formula is C35H28FN5O2. The van der Waals surface area contributed by atoms with E-state index in [1.54, 1.807) is 41.6 Å². The Hall–Kier alpha value is -5.50. The van der Waals surface area contributed by atoms with Crippen LogP contribution < -0.4 is 10.1 Å². The first-order valence-electron chi connectivity index (χ1n) is 14.1. The monoisotopic (exact) mass is 569 g/mol. The molecule has 1 unspecified atom stereocenters. The number of halogens is 1. The number of carbonyl (C=O) groups excluding carboxylic acids is 1. The maximum Gasteiger partial charge on any atom is 0.257 e. The molecule has 0 saturated carbocycles. The van der Waals surface area contributed by atoms with Gasteiger partial charge in [-0.2, -0.15) is 0 Å². The fourth-order valence-corrected chi connectivity index (χ4v) is 5.55. The number of anilines is 1. The van der Waals surface area contributed by atoms with Crippen molar-refractivity contribution in [2.45, 2.75) is 12.7 Å². The zero-order valence-corrected chi connectivity index (χ0v) is 23.2. The topological polar surface area (TPSA) is 72.3 Å². The van der Waals surface area contributed by atoms with Gasteiger partial charge in [0, 0.05) is 35.8 Å². The van der Waals surface area contributed by atoms with Crippen LogP contribution in [0, 0.1) is 5.82 Å². The lowest BCUT2D eigenvalue weighted by molar-refractivity contribution is 0.0648. The number of amides is 1. The number of nitrogens with one attached hydrogen (secondary N) is 1. The van der Waals surface area contributed by atoms with Crippen LogP contribution in [0.5, 0.6) is 5.75 Å². The maximum absolute atomic E-state index is 14.8. The molecule has 7 rings (SSSR count). The van der Waals surface area contributed by atoms with Crippen molar-refractivity contribution in [2.75, 3.05) is 18.5 Å². The molecule has 3 heterocycles. The van der Waals surface area contributed by atoms with Gasteiger partial charge in [-0.05, 0) is 72.3 Å². The normalized spacial score (nSPS) is 14.4. The Morgan fingerprint density at radius 1 is 0.837 bits per heavy atom. The number of hydrogen-bond donors (Lipinski definition) is 1. The summed E-state index contributed by atoms with van der Waals surface area (Å²) < 4.78 is 23.1. The van der Waals surface area contributed by atoms with Gasteiger partial charge in [0.05, 0.1) is 23.1 Å². The molecule has 212 valence electrons. The lowest BCUT2D eigenvalue weighted by atomic mass is 10.0. The first kappa shape index (κ1) is 26.4. The minimum absolute atomic E-state index is 0.172. The van der Waals surface area contributed by atoms with Crippen LogP contribution in [0.1, 0.15) is 27.7 Å². The molecule has 7 nitrogen and oxygen atoms in total. The SMILES string of the molecule is O=C1c2ccccc2NC(c2ccccc2F)N1CCOc1ccc(-c2nc3ccccc3n2Cc2ccncc2)cc1. The zero-order chi connectivity index (χ0) is 29.2. The van der Waals surface area contributed by atoms with E-state index in [1.165, 1.54) is 6.07 Å². The molecule has 0 aliphatic carbocycles. The van der Waals surface area contributed by atoms with E-state index in [9.17, 15) is 9.18 Å². The van der Waals surface area contributed by atoms with Crippen molar-refractivity contribution >= 4 is 22.6 Å². The number of ether oxygens (including phenoxy) is 1. The summed E-state index contributed by atoms with van der Waals surface area (Å²) in [4.78, 5) is 24.2. The third-order valence-electron chi connectivity index (χ3n) is 7.68. The minimum Gasteiger partial charge on any atom is -0.492 e. The summed E-state index contributed by atoms with van der Waals surface area (Å²) in [5, 5.41) is 3.34. The average Bonchev–Trinajstić information content (AvgIpc) is 3.41. The first-order chi connectivity index (χ1) is 21.2. The van der Waals surface area contributed by atoms with Gasteiger partial charge in [-0.15, -0.1) is 0 Å². The Balaban J connectivity index is 1.10. The van der Waals surface area contributed by atoms with Gasteiger partial charge in [-0.3, -0.25) is 9.78 Å². The Morgan fingerprint density at radius 3 is 2.42 bits per heavy atom. The highest BCUT2D eigenvalue weighted by Crippen LogP contribution is 2.34. The molecule has 0 radical (unpaired) electrons. The van der Waals surface area contributed by atoms with Crippen LogP contribution in [-0.4, -0.2) is 38.5 Å². The van der Waals surface area contributed by atoms with Crippen molar-refractivity contribution in [3.05, 3.63) is 144 Å². The van der Waals surface area contributed by atoms with Crippen molar-refractivity contribution in [2.24, 2.45) is 0 Å². The van der Waals surface area contributed by atoms with E-state index >= 15 is 0 Å². The van der Waals surface area contributed by atoms with Crippen LogP contribution in [-0.2, 0) is 6.54 Å². The fraction of sp³-hybridized carbons (Fsp3) is 0.114. The molecule has 0 bridgehead atoms. The molecule has 0 spiro atoms. The fourth-order valence-electron chi connectivity index (χ4n) is 5.55. The van der Waals surface area contributed by atoms with Gasteiger partial charge in [0.25, 0.3) is 5.91 Å². The Labute approximate surface area is 248 Å². The molecule has 4 aromatic carbocycles. The van der Waals surface area contributed by atoms with Gasteiger partial charge >= 0.3 is 0 Å². The first-order valence-corrected chi connectivity index (χ1v) is 14.1. The summed E-state index contributed by atoms with van der Waals surface area (Å²) >= 11 is 0. The lowest BCUT2D eigenvalue weighted by Crippen LogP contribution is -2.45. The third kappa shape index (κ3) is 5.19.